The molecule has 3 aromatic rings. The monoisotopic (exact) mass is 375 g/mol. The van der Waals surface area contributed by atoms with Gasteiger partial charge in [0, 0.05) is 12.1 Å². The number of fused-ring (bicyclic) bond motifs is 1. The summed E-state index contributed by atoms with van der Waals surface area (Å²) >= 11 is 0. The molecule has 142 valence electrons. The quantitative estimate of drug-likeness (QED) is 0.400. The molecule has 1 atom stereocenters. The number of Topliss-reactive ketones (excluding diaryl/α,β-unsaturated/α-hetero) is 1. The van der Waals surface area contributed by atoms with Crippen molar-refractivity contribution in [1.29, 1.82) is 0 Å². The number of ketones is 1. The van der Waals surface area contributed by atoms with Crippen molar-refractivity contribution in [2.75, 3.05) is 6.54 Å². The van der Waals surface area contributed by atoms with Crippen molar-refractivity contribution in [3.63, 3.8) is 0 Å². The summed E-state index contributed by atoms with van der Waals surface area (Å²) in [6, 6.07) is 15.9. The zero-order valence-electron chi connectivity index (χ0n) is 15.6. The average molecular weight is 375 g/mol. The van der Waals surface area contributed by atoms with Crippen LogP contribution in [0.15, 0.2) is 70.9 Å². The van der Waals surface area contributed by atoms with E-state index < -0.39 is 17.7 Å². The van der Waals surface area contributed by atoms with Crippen LogP contribution in [-0.2, 0) is 9.59 Å². The molecule has 1 saturated heterocycles. The zero-order valence-corrected chi connectivity index (χ0v) is 15.6. The molecule has 2 heterocycles. The van der Waals surface area contributed by atoms with E-state index in [1.807, 2.05) is 43.3 Å². The Hall–Kier alpha value is -3.34. The molecule has 1 aliphatic rings. The van der Waals surface area contributed by atoms with Crippen LogP contribution in [0.4, 0.5) is 0 Å². The Bertz CT molecular complexity index is 1060. The normalized spacial score (nSPS) is 18.9. The highest BCUT2D eigenvalue weighted by molar-refractivity contribution is 6.46. The molecule has 1 aliphatic heterocycles. The lowest BCUT2D eigenvalue weighted by atomic mass is 9.96. The van der Waals surface area contributed by atoms with Crippen LogP contribution in [0.3, 0.4) is 0 Å². The number of rotatable bonds is 5. The van der Waals surface area contributed by atoms with E-state index in [9.17, 15) is 14.7 Å². The van der Waals surface area contributed by atoms with E-state index in [0.29, 0.717) is 17.9 Å². The number of carbonyl (C=O) groups excluding carboxylic acids is 2. The molecule has 28 heavy (non-hydrogen) atoms. The summed E-state index contributed by atoms with van der Waals surface area (Å²) < 4.78 is 5.54. The van der Waals surface area contributed by atoms with Gasteiger partial charge in [-0.2, -0.15) is 0 Å². The number of hydrogen-bond donors (Lipinski definition) is 1. The highest BCUT2D eigenvalue weighted by atomic mass is 16.3. The number of furan rings is 1. The Morgan fingerprint density at radius 2 is 1.86 bits per heavy atom. The number of hydrogen-bond acceptors (Lipinski definition) is 4. The first-order chi connectivity index (χ1) is 13.6. The van der Waals surface area contributed by atoms with Gasteiger partial charge in [0.2, 0.25) is 0 Å². The minimum absolute atomic E-state index is 0.0763. The molecule has 1 amide bonds. The first kappa shape index (κ1) is 18.0. The largest absolute Gasteiger partial charge is 0.507 e. The van der Waals surface area contributed by atoms with Gasteiger partial charge in [-0.1, -0.05) is 55.8 Å². The molecule has 1 fully saturated rings. The number of carbonyl (C=O) groups is 2. The number of aliphatic hydroxyl groups excluding tert-OH is 1. The maximum atomic E-state index is 12.9. The predicted molar refractivity (Wildman–Crippen MR) is 107 cm³/mol. The van der Waals surface area contributed by atoms with E-state index in [2.05, 4.69) is 0 Å². The van der Waals surface area contributed by atoms with Gasteiger partial charge < -0.3 is 14.4 Å². The van der Waals surface area contributed by atoms with Gasteiger partial charge in [0.05, 0.1) is 11.8 Å². The maximum Gasteiger partial charge on any atom is 0.295 e. The Balaban J connectivity index is 1.92. The standard InChI is InChI=1S/C23H21NO4/c1-2-3-13-24-20(18-12-7-14-28-18)19(22(26)23(24)27)21(25)17-11-6-9-15-8-4-5-10-16(15)17/h4-12,14,20,25H,2-3,13H2,1H3/b21-19-. The molecule has 0 saturated carbocycles. The van der Waals surface area contributed by atoms with Crippen molar-refractivity contribution in [1.82, 2.24) is 4.90 Å². The average Bonchev–Trinajstić information content (AvgIpc) is 3.33. The Kier molecular flexibility index (Phi) is 4.74. The van der Waals surface area contributed by atoms with Crippen LogP contribution in [0.1, 0.15) is 37.1 Å². The van der Waals surface area contributed by atoms with Gasteiger partial charge in [0.25, 0.3) is 11.7 Å². The lowest BCUT2D eigenvalue weighted by Gasteiger charge is -2.23. The second-order valence-corrected chi connectivity index (χ2v) is 6.89. The van der Waals surface area contributed by atoms with Crippen LogP contribution in [0, 0.1) is 0 Å². The van der Waals surface area contributed by atoms with E-state index in [4.69, 9.17) is 4.42 Å². The molecule has 0 spiro atoms. The van der Waals surface area contributed by atoms with Crippen LogP contribution in [0.25, 0.3) is 16.5 Å². The fourth-order valence-corrected chi connectivity index (χ4v) is 3.76. The van der Waals surface area contributed by atoms with Gasteiger partial charge in [-0.15, -0.1) is 0 Å². The lowest BCUT2D eigenvalue weighted by Crippen LogP contribution is -2.30. The van der Waals surface area contributed by atoms with Crippen molar-refractivity contribution in [2.45, 2.75) is 25.8 Å². The molecular weight excluding hydrogens is 354 g/mol. The smallest absolute Gasteiger partial charge is 0.295 e. The van der Waals surface area contributed by atoms with Crippen molar-refractivity contribution in [3.05, 3.63) is 77.8 Å². The topological polar surface area (TPSA) is 70.8 Å². The lowest BCUT2D eigenvalue weighted by molar-refractivity contribution is -0.140. The van der Waals surface area contributed by atoms with Gasteiger partial charge >= 0.3 is 0 Å². The molecule has 0 bridgehead atoms. The Morgan fingerprint density at radius 1 is 1.07 bits per heavy atom. The van der Waals surface area contributed by atoms with Gasteiger partial charge in [-0.3, -0.25) is 9.59 Å². The molecule has 2 aromatic carbocycles. The minimum Gasteiger partial charge on any atom is -0.507 e. The number of likely N-dealkylation sites (tertiary alicyclic amines) is 1. The predicted octanol–water partition coefficient (Wildman–Crippen LogP) is 4.65. The SMILES string of the molecule is CCCCN1C(=O)C(=O)/C(=C(\O)c2cccc3ccccc23)C1c1ccco1. The number of benzene rings is 2. The van der Waals surface area contributed by atoms with Crippen molar-refractivity contribution in [3.8, 4) is 0 Å². The summed E-state index contributed by atoms with van der Waals surface area (Å²) in [6.45, 7) is 2.45. The van der Waals surface area contributed by atoms with E-state index in [0.717, 1.165) is 23.6 Å². The Labute approximate surface area is 162 Å². The molecule has 5 nitrogen and oxygen atoms in total. The maximum absolute atomic E-state index is 12.9. The molecular formula is C23H21NO4. The highest BCUT2D eigenvalue weighted by Gasteiger charge is 2.47. The molecule has 1 N–H and O–H groups in total. The van der Waals surface area contributed by atoms with E-state index in [-0.39, 0.29) is 11.3 Å². The summed E-state index contributed by atoms with van der Waals surface area (Å²) in [7, 11) is 0. The molecule has 0 aliphatic carbocycles. The molecule has 5 heteroatoms. The first-order valence-corrected chi connectivity index (χ1v) is 9.43. The summed E-state index contributed by atoms with van der Waals surface area (Å²) in [5.41, 5.74) is 0.607. The first-order valence-electron chi connectivity index (χ1n) is 9.43. The fourth-order valence-electron chi connectivity index (χ4n) is 3.76. The van der Waals surface area contributed by atoms with E-state index in [1.165, 1.54) is 11.2 Å². The molecule has 1 unspecified atom stereocenters. The van der Waals surface area contributed by atoms with E-state index >= 15 is 0 Å². The molecule has 4 rings (SSSR count). The third-order valence-corrected chi connectivity index (χ3v) is 5.15. The van der Waals surface area contributed by atoms with Gasteiger partial charge in [-0.25, -0.2) is 0 Å². The van der Waals surface area contributed by atoms with Gasteiger partial charge in [0.1, 0.15) is 17.6 Å². The van der Waals surface area contributed by atoms with Crippen molar-refractivity contribution in [2.24, 2.45) is 0 Å². The highest BCUT2D eigenvalue weighted by Crippen LogP contribution is 2.40. The zero-order chi connectivity index (χ0) is 19.7. The molecule has 0 radical (unpaired) electrons. The summed E-state index contributed by atoms with van der Waals surface area (Å²) in [5, 5.41) is 12.9. The van der Waals surface area contributed by atoms with Crippen molar-refractivity contribution >= 4 is 28.2 Å². The Morgan fingerprint density at radius 3 is 2.61 bits per heavy atom. The number of unbranched alkanes of at least 4 members (excludes halogenated alkanes) is 1. The summed E-state index contributed by atoms with van der Waals surface area (Å²) in [5.74, 6) is -0.979. The van der Waals surface area contributed by atoms with Crippen LogP contribution in [-0.4, -0.2) is 28.2 Å². The number of nitrogens with zero attached hydrogens (tertiary/aromatic N) is 1. The molecule has 1 aromatic heterocycles. The third-order valence-electron chi connectivity index (χ3n) is 5.15. The number of amides is 1. The second-order valence-electron chi connectivity index (χ2n) is 6.89. The third kappa shape index (κ3) is 2.89. The minimum atomic E-state index is -0.722. The van der Waals surface area contributed by atoms with Gasteiger partial charge in [-0.05, 0) is 29.3 Å². The second kappa shape index (κ2) is 7.35. The van der Waals surface area contributed by atoms with Crippen LogP contribution < -0.4 is 0 Å². The van der Waals surface area contributed by atoms with Crippen molar-refractivity contribution < 1.29 is 19.1 Å². The van der Waals surface area contributed by atoms with Crippen LogP contribution >= 0.6 is 0 Å². The summed E-state index contributed by atoms with van der Waals surface area (Å²) in [4.78, 5) is 27.1. The number of aliphatic hydroxyl groups is 1. The van der Waals surface area contributed by atoms with Gasteiger partial charge in [0.15, 0.2) is 0 Å². The summed E-state index contributed by atoms with van der Waals surface area (Å²) in [6.07, 6.45) is 3.16. The van der Waals surface area contributed by atoms with E-state index in [1.54, 1.807) is 18.2 Å². The van der Waals surface area contributed by atoms with Crippen LogP contribution in [0.2, 0.25) is 0 Å². The fraction of sp³-hybridized carbons (Fsp3) is 0.217. The van der Waals surface area contributed by atoms with Crippen LogP contribution in [0.5, 0.6) is 0 Å².